The van der Waals surface area contributed by atoms with Crippen molar-refractivity contribution in [3.8, 4) is 0 Å². The van der Waals surface area contributed by atoms with Gasteiger partial charge in [0.1, 0.15) is 17.3 Å². The van der Waals surface area contributed by atoms with Crippen LogP contribution in [-0.4, -0.2) is 32.3 Å². The second kappa shape index (κ2) is 7.77. The number of aromatic nitrogens is 3. The summed E-state index contributed by atoms with van der Waals surface area (Å²) in [4.78, 5) is 28.6. The standard InChI is InChI=1S/C23H22FN5OS/c1-13-14(2)31-23(25-13)28-21-7-3-5-17(27-21)20-6-4-10-29(20)22(30)19-11-15-8-9-16(24)12-18(15)26-19/h3,5,7-9,11-12,20,26H,4,6,10H2,1-2H3,(H,25,27,28). The number of nitrogens with one attached hydrogen (secondary N) is 2. The summed E-state index contributed by atoms with van der Waals surface area (Å²) in [6.45, 7) is 4.70. The van der Waals surface area contributed by atoms with Gasteiger partial charge < -0.3 is 15.2 Å². The van der Waals surface area contributed by atoms with Crippen LogP contribution in [0, 0.1) is 19.7 Å². The molecule has 31 heavy (non-hydrogen) atoms. The quantitative estimate of drug-likeness (QED) is 0.444. The van der Waals surface area contributed by atoms with Crippen LogP contribution in [0.2, 0.25) is 0 Å². The lowest BCUT2D eigenvalue weighted by atomic mass is 10.1. The van der Waals surface area contributed by atoms with Gasteiger partial charge in [-0.1, -0.05) is 6.07 Å². The molecule has 0 saturated carbocycles. The van der Waals surface area contributed by atoms with Crippen LogP contribution in [0.1, 0.15) is 45.6 Å². The smallest absolute Gasteiger partial charge is 0.270 e. The summed E-state index contributed by atoms with van der Waals surface area (Å²) < 4.78 is 13.5. The van der Waals surface area contributed by atoms with Gasteiger partial charge in [0.05, 0.1) is 17.4 Å². The van der Waals surface area contributed by atoms with E-state index in [-0.39, 0.29) is 17.8 Å². The van der Waals surface area contributed by atoms with Crippen molar-refractivity contribution in [2.24, 2.45) is 0 Å². The summed E-state index contributed by atoms with van der Waals surface area (Å²) in [5.74, 6) is 0.295. The minimum absolute atomic E-state index is 0.0922. The normalized spacial score (nSPS) is 16.2. The number of carbonyl (C=O) groups excluding carboxylic acids is 1. The first-order chi connectivity index (χ1) is 15.0. The van der Waals surface area contributed by atoms with Crippen LogP contribution in [0.3, 0.4) is 0 Å². The van der Waals surface area contributed by atoms with Crippen molar-refractivity contribution in [1.29, 1.82) is 0 Å². The predicted molar refractivity (Wildman–Crippen MR) is 120 cm³/mol. The van der Waals surface area contributed by atoms with Crippen molar-refractivity contribution in [2.75, 3.05) is 11.9 Å². The van der Waals surface area contributed by atoms with E-state index in [2.05, 4.69) is 15.3 Å². The molecule has 0 radical (unpaired) electrons. The minimum Gasteiger partial charge on any atom is -0.350 e. The third-order valence-electron chi connectivity index (χ3n) is 5.70. The van der Waals surface area contributed by atoms with Gasteiger partial charge >= 0.3 is 0 Å². The van der Waals surface area contributed by atoms with Gasteiger partial charge in [-0.05, 0) is 63.1 Å². The Balaban J connectivity index is 1.39. The first kappa shape index (κ1) is 19.7. The molecule has 1 aliphatic heterocycles. The fourth-order valence-electron chi connectivity index (χ4n) is 4.03. The van der Waals surface area contributed by atoms with E-state index in [1.807, 2.05) is 36.9 Å². The van der Waals surface area contributed by atoms with Gasteiger partial charge in [-0.15, -0.1) is 11.3 Å². The highest BCUT2D eigenvalue weighted by molar-refractivity contribution is 7.15. The van der Waals surface area contributed by atoms with Gasteiger partial charge in [0.25, 0.3) is 5.91 Å². The fourth-order valence-corrected chi connectivity index (χ4v) is 4.85. The van der Waals surface area contributed by atoms with Crippen molar-refractivity contribution < 1.29 is 9.18 Å². The minimum atomic E-state index is -0.327. The molecule has 158 valence electrons. The van der Waals surface area contributed by atoms with E-state index in [9.17, 15) is 9.18 Å². The summed E-state index contributed by atoms with van der Waals surface area (Å²) in [7, 11) is 0. The maximum Gasteiger partial charge on any atom is 0.270 e. The molecule has 5 rings (SSSR count). The van der Waals surface area contributed by atoms with Crippen LogP contribution in [0.5, 0.6) is 0 Å². The number of halogens is 1. The molecule has 1 aliphatic rings. The molecule has 8 heteroatoms. The number of H-pyrrole nitrogens is 1. The third-order valence-corrected chi connectivity index (χ3v) is 6.69. The number of hydrogen-bond donors (Lipinski definition) is 2. The zero-order valence-corrected chi connectivity index (χ0v) is 18.1. The predicted octanol–water partition coefficient (Wildman–Crippen LogP) is 5.50. The Kier molecular flexibility index (Phi) is 4.94. The highest BCUT2D eigenvalue weighted by atomic mass is 32.1. The van der Waals surface area contributed by atoms with Gasteiger partial charge in [-0.3, -0.25) is 4.79 Å². The summed E-state index contributed by atoms with van der Waals surface area (Å²) in [6.07, 6.45) is 1.77. The van der Waals surface area contributed by atoms with E-state index < -0.39 is 0 Å². The van der Waals surface area contributed by atoms with Gasteiger partial charge in [0, 0.05) is 22.3 Å². The lowest BCUT2D eigenvalue weighted by molar-refractivity contribution is 0.0728. The SMILES string of the molecule is Cc1nc(Nc2cccc(C3CCCN3C(=O)c3cc4ccc(F)cc4[nH]3)n2)sc1C. The molecule has 1 saturated heterocycles. The number of likely N-dealkylation sites (tertiary alicyclic amines) is 1. The zero-order chi connectivity index (χ0) is 21.5. The van der Waals surface area contributed by atoms with E-state index in [4.69, 9.17) is 4.98 Å². The Labute approximate surface area is 183 Å². The summed E-state index contributed by atoms with van der Waals surface area (Å²) in [5.41, 5.74) is 2.95. The van der Waals surface area contributed by atoms with Crippen LogP contribution in [0.4, 0.5) is 15.3 Å². The Hall–Kier alpha value is -3.26. The maximum atomic E-state index is 13.5. The molecule has 2 N–H and O–H groups in total. The molecule has 3 aromatic heterocycles. The number of anilines is 2. The number of thiazole rings is 1. The average molecular weight is 436 g/mol. The first-order valence-electron chi connectivity index (χ1n) is 10.3. The number of rotatable bonds is 4. The molecular weight excluding hydrogens is 413 g/mol. The molecule has 1 aromatic carbocycles. The van der Waals surface area contributed by atoms with Gasteiger partial charge in [-0.2, -0.15) is 0 Å². The summed E-state index contributed by atoms with van der Waals surface area (Å²) >= 11 is 1.60. The molecule has 1 fully saturated rings. The number of aryl methyl sites for hydroxylation is 2. The van der Waals surface area contributed by atoms with E-state index in [1.54, 1.807) is 23.5 Å². The highest BCUT2D eigenvalue weighted by Crippen LogP contribution is 2.33. The molecule has 0 bridgehead atoms. The van der Waals surface area contributed by atoms with Gasteiger partial charge in [-0.25, -0.2) is 14.4 Å². The highest BCUT2D eigenvalue weighted by Gasteiger charge is 2.32. The number of hydrogen-bond acceptors (Lipinski definition) is 5. The molecule has 4 aromatic rings. The second-order valence-electron chi connectivity index (χ2n) is 7.80. The van der Waals surface area contributed by atoms with Crippen molar-refractivity contribution in [3.63, 3.8) is 0 Å². The van der Waals surface area contributed by atoms with Crippen LogP contribution < -0.4 is 5.32 Å². The topological polar surface area (TPSA) is 73.9 Å². The zero-order valence-electron chi connectivity index (χ0n) is 17.3. The molecular formula is C23H22FN5OS. The van der Waals surface area contributed by atoms with Crippen LogP contribution in [0.25, 0.3) is 10.9 Å². The molecule has 4 heterocycles. The Morgan fingerprint density at radius 3 is 2.90 bits per heavy atom. The Bertz CT molecular complexity index is 1260. The second-order valence-corrected chi connectivity index (χ2v) is 9.01. The van der Waals surface area contributed by atoms with Crippen LogP contribution >= 0.6 is 11.3 Å². The average Bonchev–Trinajstić information content (AvgIpc) is 3.46. The summed E-state index contributed by atoms with van der Waals surface area (Å²) in [6, 6.07) is 12.0. The molecule has 1 atom stereocenters. The van der Waals surface area contributed by atoms with Crippen LogP contribution in [-0.2, 0) is 0 Å². The van der Waals surface area contributed by atoms with E-state index in [0.717, 1.165) is 34.7 Å². The van der Waals surface area contributed by atoms with E-state index >= 15 is 0 Å². The lowest BCUT2D eigenvalue weighted by Crippen LogP contribution is -2.31. The third kappa shape index (κ3) is 3.79. The first-order valence-corrected chi connectivity index (χ1v) is 11.1. The van der Waals surface area contributed by atoms with E-state index in [0.29, 0.717) is 23.6 Å². The number of amides is 1. The molecule has 6 nitrogen and oxygen atoms in total. The maximum absolute atomic E-state index is 13.5. The van der Waals surface area contributed by atoms with Crippen molar-refractivity contribution in [3.05, 3.63) is 70.2 Å². The number of carbonyl (C=O) groups is 1. The van der Waals surface area contributed by atoms with Crippen LogP contribution in [0.15, 0.2) is 42.5 Å². The molecule has 0 aliphatic carbocycles. The largest absolute Gasteiger partial charge is 0.350 e. The molecule has 1 unspecified atom stereocenters. The number of aromatic amines is 1. The number of benzene rings is 1. The van der Waals surface area contributed by atoms with Gasteiger partial charge in [0.2, 0.25) is 0 Å². The van der Waals surface area contributed by atoms with Crippen molar-refractivity contribution >= 4 is 39.1 Å². The Morgan fingerprint density at radius 1 is 1.23 bits per heavy atom. The van der Waals surface area contributed by atoms with Crippen molar-refractivity contribution in [1.82, 2.24) is 19.9 Å². The fraction of sp³-hybridized carbons (Fsp3) is 0.261. The monoisotopic (exact) mass is 435 g/mol. The molecule has 0 spiro atoms. The number of pyridine rings is 1. The van der Waals surface area contributed by atoms with Crippen molar-refractivity contribution in [2.45, 2.75) is 32.7 Å². The Morgan fingerprint density at radius 2 is 2.10 bits per heavy atom. The summed E-state index contributed by atoms with van der Waals surface area (Å²) in [5, 5.41) is 4.91. The van der Waals surface area contributed by atoms with E-state index in [1.165, 1.54) is 17.0 Å². The lowest BCUT2D eigenvalue weighted by Gasteiger charge is -2.24. The molecule has 1 amide bonds. The van der Waals surface area contributed by atoms with Gasteiger partial charge in [0.15, 0.2) is 5.13 Å². The number of nitrogens with zero attached hydrogens (tertiary/aromatic N) is 3. The number of fused-ring (bicyclic) bond motifs is 1.